The first-order valence-corrected chi connectivity index (χ1v) is 8.83. The molecule has 1 aromatic carbocycles. The Kier molecular flexibility index (Phi) is 7.03. The van der Waals surface area contributed by atoms with Crippen LogP contribution in [0.25, 0.3) is 0 Å². The number of carbonyl (C=O) groups excluding carboxylic acids is 1. The molecule has 1 aliphatic carbocycles. The maximum absolute atomic E-state index is 12.3. The minimum absolute atomic E-state index is 0. The van der Waals surface area contributed by atoms with E-state index in [0.717, 1.165) is 30.4 Å². The molecule has 1 amide bonds. The first-order valence-electron chi connectivity index (χ1n) is 8.83. The second-order valence-electron chi connectivity index (χ2n) is 7.20. The molecule has 1 saturated heterocycles. The summed E-state index contributed by atoms with van der Waals surface area (Å²) in [6, 6.07) is 7.87. The molecule has 2 fully saturated rings. The van der Waals surface area contributed by atoms with E-state index in [9.17, 15) is 14.7 Å². The van der Waals surface area contributed by atoms with Crippen LogP contribution in [-0.2, 0) is 27.5 Å². The lowest BCUT2D eigenvalue weighted by atomic mass is 9.81. The van der Waals surface area contributed by atoms with Gasteiger partial charge in [-0.3, -0.25) is 14.5 Å². The van der Waals surface area contributed by atoms with Crippen molar-refractivity contribution in [3.8, 4) is 0 Å². The number of rotatable bonds is 7. The number of carbonyl (C=O) groups is 2. The number of methoxy groups -OCH3 is 1. The van der Waals surface area contributed by atoms with Gasteiger partial charge in [0.2, 0.25) is 5.91 Å². The third-order valence-electron chi connectivity index (χ3n) is 5.63. The number of ether oxygens (including phenoxy) is 1. The van der Waals surface area contributed by atoms with Gasteiger partial charge in [-0.05, 0) is 29.9 Å². The highest BCUT2D eigenvalue weighted by Gasteiger charge is 2.54. The van der Waals surface area contributed by atoms with Crippen molar-refractivity contribution >= 4 is 24.3 Å². The third-order valence-corrected chi connectivity index (χ3v) is 5.63. The van der Waals surface area contributed by atoms with Gasteiger partial charge in [0.05, 0.1) is 18.6 Å². The fourth-order valence-corrected chi connectivity index (χ4v) is 4.34. The quantitative estimate of drug-likeness (QED) is 0.754. The SMILES string of the molecule is COCc1ccccc1CNC(=O)CN1C[C@@H]2CCC[C@@]2(C(=O)O)C1.Cl. The molecule has 144 valence electrons. The molecule has 0 radical (unpaired) electrons. The summed E-state index contributed by atoms with van der Waals surface area (Å²) >= 11 is 0. The molecular weight excluding hydrogens is 356 g/mol. The van der Waals surface area contributed by atoms with Gasteiger partial charge >= 0.3 is 5.97 Å². The smallest absolute Gasteiger partial charge is 0.311 e. The molecule has 1 aromatic rings. The topological polar surface area (TPSA) is 78.9 Å². The third kappa shape index (κ3) is 4.19. The van der Waals surface area contributed by atoms with Gasteiger partial charge in [0.1, 0.15) is 0 Å². The molecule has 2 aliphatic rings. The Morgan fingerprint density at radius 2 is 2.08 bits per heavy atom. The van der Waals surface area contributed by atoms with Crippen molar-refractivity contribution in [1.29, 1.82) is 0 Å². The Morgan fingerprint density at radius 3 is 2.73 bits per heavy atom. The van der Waals surface area contributed by atoms with Crippen LogP contribution < -0.4 is 5.32 Å². The fraction of sp³-hybridized carbons (Fsp3) is 0.579. The number of nitrogens with one attached hydrogen (secondary N) is 1. The van der Waals surface area contributed by atoms with Crippen molar-refractivity contribution in [2.75, 3.05) is 26.7 Å². The van der Waals surface area contributed by atoms with Gasteiger partial charge in [0, 0.05) is 26.7 Å². The van der Waals surface area contributed by atoms with Crippen LogP contribution in [-0.4, -0.2) is 48.6 Å². The monoisotopic (exact) mass is 382 g/mol. The highest BCUT2D eigenvalue weighted by molar-refractivity contribution is 5.85. The number of hydrogen-bond acceptors (Lipinski definition) is 4. The molecule has 2 atom stereocenters. The molecule has 1 heterocycles. The van der Waals surface area contributed by atoms with Crippen LogP contribution in [0.3, 0.4) is 0 Å². The number of amides is 1. The van der Waals surface area contributed by atoms with Crippen LogP contribution in [0.4, 0.5) is 0 Å². The van der Waals surface area contributed by atoms with Gasteiger partial charge in [-0.1, -0.05) is 30.7 Å². The van der Waals surface area contributed by atoms with Crippen LogP contribution in [0.15, 0.2) is 24.3 Å². The molecule has 2 N–H and O–H groups in total. The Labute approximate surface area is 160 Å². The number of carboxylic acid groups (broad SMARTS) is 1. The van der Waals surface area contributed by atoms with E-state index in [1.165, 1.54) is 0 Å². The van der Waals surface area contributed by atoms with Crippen molar-refractivity contribution < 1.29 is 19.4 Å². The van der Waals surface area contributed by atoms with Crippen molar-refractivity contribution in [3.05, 3.63) is 35.4 Å². The van der Waals surface area contributed by atoms with E-state index in [4.69, 9.17) is 4.74 Å². The molecule has 0 aromatic heterocycles. The number of benzene rings is 1. The number of halogens is 1. The molecule has 3 rings (SSSR count). The average molecular weight is 383 g/mol. The summed E-state index contributed by atoms with van der Waals surface area (Å²) in [5.74, 6) is -0.584. The number of fused-ring (bicyclic) bond motifs is 1. The van der Waals surface area contributed by atoms with E-state index in [-0.39, 0.29) is 30.8 Å². The maximum Gasteiger partial charge on any atom is 0.311 e. The van der Waals surface area contributed by atoms with E-state index in [2.05, 4.69) is 5.32 Å². The summed E-state index contributed by atoms with van der Waals surface area (Å²) in [4.78, 5) is 26.0. The number of nitrogens with zero attached hydrogens (tertiary/aromatic N) is 1. The Bertz CT molecular complexity index is 654. The van der Waals surface area contributed by atoms with Crippen molar-refractivity contribution in [2.24, 2.45) is 11.3 Å². The van der Waals surface area contributed by atoms with Gasteiger partial charge in [-0.15, -0.1) is 12.4 Å². The van der Waals surface area contributed by atoms with Crippen molar-refractivity contribution in [2.45, 2.75) is 32.4 Å². The molecule has 26 heavy (non-hydrogen) atoms. The van der Waals surface area contributed by atoms with Gasteiger partial charge < -0.3 is 15.2 Å². The largest absolute Gasteiger partial charge is 0.481 e. The summed E-state index contributed by atoms with van der Waals surface area (Å²) in [6.07, 6.45) is 2.66. The van der Waals surface area contributed by atoms with E-state index in [1.54, 1.807) is 7.11 Å². The lowest BCUT2D eigenvalue weighted by Gasteiger charge is -2.23. The number of likely N-dealkylation sites (tertiary alicyclic amines) is 1. The Hall–Kier alpha value is -1.63. The molecule has 0 unspecified atom stereocenters. The van der Waals surface area contributed by atoms with Gasteiger partial charge in [-0.2, -0.15) is 0 Å². The van der Waals surface area contributed by atoms with Gasteiger partial charge in [0.15, 0.2) is 0 Å². The second kappa shape index (κ2) is 8.84. The van der Waals surface area contributed by atoms with E-state index >= 15 is 0 Å². The van der Waals surface area contributed by atoms with Crippen molar-refractivity contribution in [3.63, 3.8) is 0 Å². The van der Waals surface area contributed by atoms with Crippen LogP contribution in [0, 0.1) is 11.3 Å². The van der Waals surface area contributed by atoms with Crippen LogP contribution in [0.2, 0.25) is 0 Å². The highest BCUT2D eigenvalue weighted by atomic mass is 35.5. The summed E-state index contributed by atoms with van der Waals surface area (Å²) < 4.78 is 5.18. The zero-order valence-corrected chi connectivity index (χ0v) is 15.9. The van der Waals surface area contributed by atoms with E-state index in [0.29, 0.717) is 26.2 Å². The molecule has 0 spiro atoms. The van der Waals surface area contributed by atoms with Crippen LogP contribution in [0.1, 0.15) is 30.4 Å². The van der Waals surface area contributed by atoms with Crippen LogP contribution in [0.5, 0.6) is 0 Å². The summed E-state index contributed by atoms with van der Waals surface area (Å²) in [5, 5.41) is 12.6. The van der Waals surface area contributed by atoms with Gasteiger partial charge in [0.25, 0.3) is 0 Å². The molecule has 6 nitrogen and oxygen atoms in total. The lowest BCUT2D eigenvalue weighted by Crippen LogP contribution is -2.39. The fourth-order valence-electron chi connectivity index (χ4n) is 4.34. The summed E-state index contributed by atoms with van der Waals surface area (Å²) in [6.45, 7) is 2.43. The molecule has 0 bridgehead atoms. The zero-order chi connectivity index (χ0) is 17.9. The minimum atomic E-state index is -0.702. The van der Waals surface area contributed by atoms with E-state index < -0.39 is 11.4 Å². The molecule has 7 heteroatoms. The Morgan fingerprint density at radius 1 is 1.35 bits per heavy atom. The van der Waals surface area contributed by atoms with Gasteiger partial charge in [-0.25, -0.2) is 0 Å². The lowest BCUT2D eigenvalue weighted by molar-refractivity contribution is -0.149. The normalized spacial score (nSPS) is 24.7. The summed E-state index contributed by atoms with van der Waals surface area (Å²) in [5.41, 5.74) is 1.47. The van der Waals surface area contributed by atoms with Crippen LogP contribution >= 0.6 is 12.4 Å². The standard InChI is InChI=1S/C19H26N2O4.ClH/c1-25-12-15-6-3-2-5-14(15)9-20-17(22)11-21-10-16-7-4-8-19(16,13-21)18(23)24;/h2-3,5-6,16H,4,7-13H2,1H3,(H,20,22)(H,23,24);1H/t16-,19+;/m0./s1. The minimum Gasteiger partial charge on any atom is -0.481 e. The predicted octanol–water partition coefficient (Wildman–Crippen LogP) is 2.06. The predicted molar refractivity (Wildman–Crippen MR) is 100 cm³/mol. The number of carboxylic acids is 1. The molecule has 1 saturated carbocycles. The zero-order valence-electron chi connectivity index (χ0n) is 15.1. The number of aliphatic carboxylic acids is 1. The summed E-state index contributed by atoms with van der Waals surface area (Å²) in [7, 11) is 1.65. The average Bonchev–Trinajstić information content (AvgIpc) is 3.12. The Balaban J connectivity index is 0.00000243. The first-order chi connectivity index (χ1) is 12.0. The molecular formula is C19H27ClN2O4. The first kappa shape index (κ1) is 20.7. The maximum atomic E-state index is 12.3. The second-order valence-corrected chi connectivity index (χ2v) is 7.20. The van der Waals surface area contributed by atoms with Crippen molar-refractivity contribution in [1.82, 2.24) is 10.2 Å². The van der Waals surface area contributed by atoms with E-state index in [1.807, 2.05) is 29.2 Å². The number of hydrogen-bond donors (Lipinski definition) is 2. The highest BCUT2D eigenvalue weighted by Crippen LogP contribution is 2.48. The molecule has 1 aliphatic heterocycles.